The zero-order valence-electron chi connectivity index (χ0n) is 9.39. The van der Waals surface area contributed by atoms with Gasteiger partial charge >= 0.3 is 6.18 Å². The summed E-state index contributed by atoms with van der Waals surface area (Å²) in [4.78, 5) is 3.88. The van der Waals surface area contributed by atoms with Gasteiger partial charge in [0.25, 0.3) is 0 Å². The van der Waals surface area contributed by atoms with Crippen LogP contribution in [0.4, 0.5) is 13.2 Å². The number of nitrogens with zero attached hydrogens (tertiary/aromatic N) is 1. The summed E-state index contributed by atoms with van der Waals surface area (Å²) in [5.74, 6) is 0. The number of hydrogen-bond acceptors (Lipinski definition) is 5. The van der Waals surface area contributed by atoms with E-state index in [-0.39, 0.29) is 12.5 Å². The molecular weight excluding hydrogens is 273 g/mol. The Kier molecular flexibility index (Phi) is 3.77. The normalized spacial score (nSPS) is 40.4. The first-order valence-corrected chi connectivity index (χ1v) is 6.19. The van der Waals surface area contributed by atoms with E-state index in [0.29, 0.717) is 5.17 Å². The second-order valence-corrected chi connectivity index (χ2v) is 5.24. The van der Waals surface area contributed by atoms with Crippen LogP contribution in [0.25, 0.3) is 0 Å². The predicted molar refractivity (Wildman–Crippen MR) is 59.2 cm³/mol. The summed E-state index contributed by atoms with van der Waals surface area (Å²) >= 11 is 1.16. The molecule has 2 aliphatic rings. The molecule has 0 aromatic rings. The Balaban J connectivity index is 2.08. The minimum Gasteiger partial charge on any atom is -0.390 e. The smallest absolute Gasteiger partial charge is 0.390 e. The molecule has 0 aliphatic carbocycles. The first kappa shape index (κ1) is 13.9. The van der Waals surface area contributed by atoms with Crippen LogP contribution in [0.1, 0.15) is 6.42 Å². The molecule has 0 bridgehead atoms. The molecule has 2 saturated heterocycles. The van der Waals surface area contributed by atoms with Gasteiger partial charge in [0.05, 0.1) is 12.1 Å². The lowest BCUT2D eigenvalue weighted by atomic mass is 9.97. The molecule has 5 atom stereocenters. The maximum Gasteiger partial charge on any atom is 0.417 e. The quantitative estimate of drug-likeness (QED) is 0.636. The summed E-state index contributed by atoms with van der Waals surface area (Å²) in [6, 6.07) is -0.291. The van der Waals surface area contributed by atoms with Gasteiger partial charge in [0.2, 0.25) is 0 Å². The predicted octanol–water partition coefficient (Wildman–Crippen LogP) is 0.0763. The van der Waals surface area contributed by atoms with Crippen LogP contribution in [0.3, 0.4) is 0 Å². The summed E-state index contributed by atoms with van der Waals surface area (Å²) in [5, 5.41) is 22.3. The van der Waals surface area contributed by atoms with Gasteiger partial charge in [0.1, 0.15) is 11.5 Å². The minimum atomic E-state index is -4.81. The number of amidine groups is 1. The lowest BCUT2D eigenvalue weighted by molar-refractivity contribution is -0.260. The highest BCUT2D eigenvalue weighted by atomic mass is 32.2. The number of rotatable bonds is 1. The molecule has 0 amide bonds. The van der Waals surface area contributed by atoms with E-state index in [1.807, 2.05) is 0 Å². The topological polar surface area (TPSA) is 74.1 Å². The molecule has 104 valence electrons. The minimum absolute atomic E-state index is 0.0779. The van der Waals surface area contributed by atoms with Gasteiger partial charge in [-0.15, -0.1) is 0 Å². The second kappa shape index (κ2) is 4.87. The van der Waals surface area contributed by atoms with E-state index >= 15 is 0 Å². The van der Waals surface area contributed by atoms with Gasteiger partial charge in [0.15, 0.2) is 11.3 Å². The second-order valence-electron chi connectivity index (χ2n) is 4.16. The number of ether oxygens (including phenoxy) is 1. The molecule has 0 aromatic heterocycles. The van der Waals surface area contributed by atoms with Crippen LogP contribution in [0, 0.1) is 0 Å². The van der Waals surface area contributed by atoms with Crippen molar-refractivity contribution in [1.82, 2.24) is 5.32 Å². The summed E-state index contributed by atoms with van der Waals surface area (Å²) in [7, 11) is 1.55. The first-order valence-electron chi connectivity index (χ1n) is 5.31. The molecule has 2 fully saturated rings. The van der Waals surface area contributed by atoms with Gasteiger partial charge < -0.3 is 20.3 Å². The SMILES string of the molecule is CN=C1NC2CC(O)C([C@H](O)C(F)(F)F)OC2S1. The highest BCUT2D eigenvalue weighted by Gasteiger charge is 2.52. The Labute approximate surface area is 105 Å². The number of alkyl halides is 3. The van der Waals surface area contributed by atoms with Crippen molar-refractivity contribution in [1.29, 1.82) is 0 Å². The van der Waals surface area contributed by atoms with Crippen molar-refractivity contribution in [3.05, 3.63) is 0 Å². The highest BCUT2D eigenvalue weighted by Crippen LogP contribution is 2.37. The monoisotopic (exact) mass is 286 g/mol. The van der Waals surface area contributed by atoms with Gasteiger partial charge in [-0.25, -0.2) is 0 Å². The average molecular weight is 286 g/mol. The fourth-order valence-corrected chi connectivity index (χ4v) is 3.05. The lowest BCUT2D eigenvalue weighted by Crippen LogP contribution is -2.55. The summed E-state index contributed by atoms with van der Waals surface area (Å²) in [6.07, 6.45) is -10.4. The van der Waals surface area contributed by atoms with Gasteiger partial charge in [-0.1, -0.05) is 11.8 Å². The number of halogens is 3. The molecule has 4 unspecified atom stereocenters. The number of hydrogen-bond donors (Lipinski definition) is 3. The molecule has 9 heteroatoms. The fourth-order valence-electron chi connectivity index (χ4n) is 1.97. The molecule has 2 rings (SSSR count). The molecular formula is C9H13F3N2O3S. The van der Waals surface area contributed by atoms with Gasteiger partial charge in [0, 0.05) is 7.05 Å². The maximum atomic E-state index is 12.4. The van der Waals surface area contributed by atoms with Gasteiger partial charge in [-0.3, -0.25) is 4.99 Å². The van der Waals surface area contributed by atoms with Crippen molar-refractivity contribution >= 4 is 16.9 Å². The summed E-state index contributed by atoms with van der Waals surface area (Å²) in [5.41, 5.74) is -0.575. The largest absolute Gasteiger partial charge is 0.417 e. The zero-order chi connectivity index (χ0) is 13.5. The highest BCUT2D eigenvalue weighted by molar-refractivity contribution is 8.14. The third-order valence-corrected chi connectivity index (χ3v) is 4.08. The van der Waals surface area contributed by atoms with Crippen molar-refractivity contribution in [2.75, 3.05) is 7.05 Å². The molecule has 5 nitrogen and oxygen atoms in total. The Bertz CT molecular complexity index is 352. The molecule has 0 saturated carbocycles. The van der Waals surface area contributed by atoms with Crippen LogP contribution >= 0.6 is 11.8 Å². The van der Waals surface area contributed by atoms with Gasteiger partial charge in [-0.05, 0) is 6.42 Å². The van der Waals surface area contributed by atoms with Crippen molar-refractivity contribution in [3.63, 3.8) is 0 Å². The Hall–Kier alpha value is -0.510. The number of aliphatic hydroxyl groups is 2. The lowest BCUT2D eigenvalue weighted by Gasteiger charge is -2.37. The van der Waals surface area contributed by atoms with Crippen molar-refractivity contribution < 1.29 is 28.1 Å². The third-order valence-electron chi connectivity index (χ3n) is 2.88. The summed E-state index contributed by atoms with van der Waals surface area (Å²) in [6.45, 7) is 0. The van der Waals surface area contributed by atoms with Crippen LogP contribution < -0.4 is 5.32 Å². The van der Waals surface area contributed by atoms with E-state index in [9.17, 15) is 18.3 Å². The van der Waals surface area contributed by atoms with E-state index < -0.39 is 29.9 Å². The standard InChI is InChI=1S/C9H13F3N2O3S/c1-13-8-14-3-2-4(15)5(17-7(3)18-8)6(16)9(10,11)12/h3-7,15-16H,2H2,1H3,(H,13,14)/t3?,4?,5?,6-,7?/m0/s1. The van der Waals surface area contributed by atoms with Crippen LogP contribution in [-0.2, 0) is 4.74 Å². The van der Waals surface area contributed by atoms with Crippen LogP contribution in [0.2, 0.25) is 0 Å². The van der Waals surface area contributed by atoms with E-state index in [0.717, 1.165) is 11.8 Å². The number of nitrogens with one attached hydrogen (secondary N) is 1. The van der Waals surface area contributed by atoms with E-state index in [2.05, 4.69) is 10.3 Å². The van der Waals surface area contributed by atoms with E-state index in [1.54, 1.807) is 7.05 Å². The van der Waals surface area contributed by atoms with Crippen LogP contribution in [0.15, 0.2) is 4.99 Å². The first-order chi connectivity index (χ1) is 8.32. The Morgan fingerprint density at radius 3 is 2.78 bits per heavy atom. The zero-order valence-corrected chi connectivity index (χ0v) is 10.2. The number of aliphatic hydroxyl groups excluding tert-OH is 2. The maximum absolute atomic E-state index is 12.4. The van der Waals surface area contributed by atoms with Gasteiger partial charge in [-0.2, -0.15) is 13.2 Å². The van der Waals surface area contributed by atoms with Crippen LogP contribution in [0.5, 0.6) is 0 Å². The Morgan fingerprint density at radius 1 is 1.56 bits per heavy atom. The van der Waals surface area contributed by atoms with E-state index in [1.165, 1.54) is 0 Å². The molecule has 0 spiro atoms. The van der Waals surface area contributed by atoms with Crippen molar-refractivity contribution in [3.8, 4) is 0 Å². The number of fused-ring (bicyclic) bond motifs is 1. The molecule has 0 radical (unpaired) electrons. The molecule has 2 aliphatic heterocycles. The average Bonchev–Trinajstić information content (AvgIpc) is 2.67. The van der Waals surface area contributed by atoms with Crippen molar-refractivity contribution in [2.45, 2.75) is 42.4 Å². The molecule has 3 N–H and O–H groups in total. The van der Waals surface area contributed by atoms with Crippen molar-refractivity contribution in [2.24, 2.45) is 4.99 Å². The number of aliphatic imine (C=N–C) groups is 1. The molecule has 18 heavy (non-hydrogen) atoms. The third kappa shape index (κ3) is 2.58. The summed E-state index contributed by atoms with van der Waals surface area (Å²) < 4.78 is 42.4. The Morgan fingerprint density at radius 2 is 2.22 bits per heavy atom. The van der Waals surface area contributed by atoms with E-state index in [4.69, 9.17) is 9.84 Å². The number of thioether (sulfide) groups is 1. The fraction of sp³-hybridized carbons (Fsp3) is 0.889. The molecule has 0 aromatic carbocycles. The molecule has 2 heterocycles. The van der Waals surface area contributed by atoms with Crippen LogP contribution in [-0.4, -0.2) is 58.4 Å².